The molecule has 10 heteroatoms. The first-order chi connectivity index (χ1) is 17.4. The number of aromatic nitrogens is 3. The van der Waals surface area contributed by atoms with Crippen LogP contribution in [0, 0.1) is 11.6 Å². The second-order valence-electron chi connectivity index (χ2n) is 9.01. The first kappa shape index (κ1) is 22.7. The summed E-state index contributed by atoms with van der Waals surface area (Å²) in [6.07, 6.45) is 1.30. The Morgan fingerprint density at radius 1 is 1.11 bits per heavy atom. The average molecular weight is 494 g/mol. The zero-order valence-electron chi connectivity index (χ0n) is 20.0. The van der Waals surface area contributed by atoms with Gasteiger partial charge in [0.1, 0.15) is 34.0 Å². The van der Waals surface area contributed by atoms with Crippen molar-refractivity contribution in [1.82, 2.24) is 15.0 Å². The molecule has 2 aliphatic heterocycles. The number of aromatic hydroxyl groups is 1. The van der Waals surface area contributed by atoms with E-state index < -0.39 is 11.6 Å². The summed E-state index contributed by atoms with van der Waals surface area (Å²) in [5.41, 5.74) is 0.496. The highest BCUT2D eigenvalue weighted by molar-refractivity contribution is 6.03. The molecule has 4 aromatic rings. The quantitative estimate of drug-likeness (QED) is 0.437. The van der Waals surface area contributed by atoms with Crippen LogP contribution in [0.2, 0.25) is 0 Å². The molecule has 2 aromatic carbocycles. The minimum absolute atomic E-state index is 0.000327. The Morgan fingerprint density at radius 3 is 2.61 bits per heavy atom. The van der Waals surface area contributed by atoms with E-state index in [4.69, 9.17) is 14.2 Å². The molecule has 0 saturated carbocycles. The standard InChI is InChI=1S/C26H24F2N4O4/c1-4-16-18(27)6-5-12-7-14(33)9-17(19(12)16)22-21(28)23-20(25(29-22)34-2)24(31-26(30-23)35-3)32-10-15-8-13(32)11-36-15/h5-7,9,13,15,33H,4,8,10-11H2,1-3H3. The summed E-state index contributed by atoms with van der Waals surface area (Å²) in [6, 6.07) is 5.88. The number of hydrogen-bond acceptors (Lipinski definition) is 8. The SMILES string of the molecule is CCc1c(F)ccc2cc(O)cc(-c3nc(OC)c4c(N5CC6CC5CO6)nc(OC)nc4c3F)c12. The number of pyridine rings is 1. The predicted molar refractivity (Wildman–Crippen MR) is 130 cm³/mol. The fraction of sp³-hybridized carbons (Fsp3) is 0.346. The Morgan fingerprint density at radius 2 is 1.94 bits per heavy atom. The molecule has 2 aromatic heterocycles. The lowest BCUT2D eigenvalue weighted by Gasteiger charge is -2.29. The maximum Gasteiger partial charge on any atom is 0.318 e. The molecule has 0 radical (unpaired) electrons. The first-order valence-electron chi connectivity index (χ1n) is 11.7. The van der Waals surface area contributed by atoms with Crippen molar-refractivity contribution in [2.75, 3.05) is 32.3 Å². The molecule has 0 amide bonds. The summed E-state index contributed by atoms with van der Waals surface area (Å²) in [6.45, 7) is 2.97. The fourth-order valence-corrected chi connectivity index (χ4v) is 5.42. The number of rotatable bonds is 5. The summed E-state index contributed by atoms with van der Waals surface area (Å²) in [7, 11) is 2.86. The van der Waals surface area contributed by atoms with Gasteiger partial charge in [-0.2, -0.15) is 9.97 Å². The van der Waals surface area contributed by atoms with Gasteiger partial charge in [-0.1, -0.05) is 13.0 Å². The first-order valence-corrected chi connectivity index (χ1v) is 11.7. The number of morpholine rings is 1. The average Bonchev–Trinajstić information content (AvgIpc) is 3.52. The van der Waals surface area contributed by atoms with Gasteiger partial charge in [0, 0.05) is 12.1 Å². The van der Waals surface area contributed by atoms with E-state index in [1.807, 2.05) is 6.92 Å². The molecule has 1 N–H and O–H groups in total. The Kier molecular flexibility index (Phi) is 5.29. The highest BCUT2D eigenvalue weighted by atomic mass is 19.1. The number of anilines is 1. The topological polar surface area (TPSA) is 89.8 Å². The number of ether oxygens (including phenoxy) is 3. The summed E-state index contributed by atoms with van der Waals surface area (Å²) in [5, 5.41) is 11.8. The lowest BCUT2D eigenvalue weighted by Crippen LogP contribution is -2.37. The van der Waals surface area contributed by atoms with E-state index in [2.05, 4.69) is 19.9 Å². The Balaban J connectivity index is 1.68. The number of methoxy groups -OCH3 is 2. The van der Waals surface area contributed by atoms with Gasteiger partial charge >= 0.3 is 6.01 Å². The van der Waals surface area contributed by atoms with Gasteiger partial charge in [0.2, 0.25) is 5.88 Å². The third-order valence-electron chi connectivity index (χ3n) is 7.02. The van der Waals surface area contributed by atoms with E-state index in [1.54, 1.807) is 6.07 Å². The van der Waals surface area contributed by atoms with Gasteiger partial charge in [0.05, 0.1) is 33.0 Å². The number of aryl methyl sites for hydroxylation is 1. The molecule has 2 bridgehead atoms. The second-order valence-corrected chi connectivity index (χ2v) is 9.01. The summed E-state index contributed by atoms with van der Waals surface area (Å²) in [4.78, 5) is 15.4. The molecule has 2 atom stereocenters. The van der Waals surface area contributed by atoms with Gasteiger partial charge in [-0.3, -0.25) is 0 Å². The summed E-state index contributed by atoms with van der Waals surface area (Å²) < 4.78 is 47.8. The Bertz CT molecular complexity index is 1530. The number of benzene rings is 2. The van der Waals surface area contributed by atoms with E-state index in [1.165, 1.54) is 32.4 Å². The van der Waals surface area contributed by atoms with Crippen molar-refractivity contribution < 1.29 is 28.1 Å². The van der Waals surface area contributed by atoms with Gasteiger partial charge in [0.25, 0.3) is 0 Å². The van der Waals surface area contributed by atoms with Crippen molar-refractivity contribution in [2.45, 2.75) is 31.9 Å². The number of fused-ring (bicyclic) bond motifs is 4. The molecule has 2 unspecified atom stereocenters. The van der Waals surface area contributed by atoms with Crippen molar-refractivity contribution in [3.8, 4) is 28.9 Å². The minimum atomic E-state index is -0.744. The van der Waals surface area contributed by atoms with Gasteiger partial charge in [-0.25, -0.2) is 13.8 Å². The van der Waals surface area contributed by atoms with Crippen LogP contribution >= 0.6 is 0 Å². The van der Waals surface area contributed by atoms with E-state index >= 15 is 4.39 Å². The van der Waals surface area contributed by atoms with E-state index in [0.29, 0.717) is 47.1 Å². The molecule has 2 aliphatic rings. The number of halogens is 2. The second kappa shape index (κ2) is 8.41. The van der Waals surface area contributed by atoms with Crippen LogP contribution in [0.1, 0.15) is 18.9 Å². The van der Waals surface area contributed by atoms with Gasteiger partial charge < -0.3 is 24.2 Å². The van der Waals surface area contributed by atoms with E-state index in [0.717, 1.165) is 6.42 Å². The van der Waals surface area contributed by atoms with Crippen molar-refractivity contribution in [2.24, 2.45) is 0 Å². The van der Waals surface area contributed by atoms with Crippen LogP contribution in [0.5, 0.6) is 17.6 Å². The molecule has 0 aliphatic carbocycles. The van der Waals surface area contributed by atoms with Crippen LogP contribution in [0.15, 0.2) is 24.3 Å². The van der Waals surface area contributed by atoms with Crippen molar-refractivity contribution in [1.29, 1.82) is 0 Å². The van der Waals surface area contributed by atoms with Crippen molar-refractivity contribution in [3.63, 3.8) is 0 Å². The number of nitrogens with zero attached hydrogens (tertiary/aromatic N) is 4. The normalized spacial score (nSPS) is 19.0. The smallest absolute Gasteiger partial charge is 0.318 e. The Labute approximate surface area is 205 Å². The summed E-state index contributed by atoms with van der Waals surface area (Å²) >= 11 is 0. The Hall–Kier alpha value is -3.79. The fourth-order valence-electron chi connectivity index (χ4n) is 5.42. The lowest BCUT2D eigenvalue weighted by molar-refractivity contribution is 0.0989. The molecule has 8 nitrogen and oxygen atoms in total. The predicted octanol–water partition coefficient (Wildman–Crippen LogP) is 4.39. The van der Waals surface area contributed by atoms with Crippen LogP contribution in [-0.2, 0) is 11.2 Å². The van der Waals surface area contributed by atoms with Gasteiger partial charge in [-0.15, -0.1) is 0 Å². The zero-order valence-corrected chi connectivity index (χ0v) is 20.0. The third-order valence-corrected chi connectivity index (χ3v) is 7.02. The minimum Gasteiger partial charge on any atom is -0.508 e. The maximum absolute atomic E-state index is 16.4. The highest BCUT2D eigenvalue weighted by Gasteiger charge is 2.41. The van der Waals surface area contributed by atoms with Crippen molar-refractivity contribution in [3.05, 3.63) is 41.5 Å². The van der Waals surface area contributed by atoms with E-state index in [9.17, 15) is 9.50 Å². The van der Waals surface area contributed by atoms with Crippen LogP contribution in [0.3, 0.4) is 0 Å². The molecule has 0 spiro atoms. The van der Waals surface area contributed by atoms with Crippen LogP contribution in [0.25, 0.3) is 32.9 Å². The van der Waals surface area contributed by atoms with E-state index in [-0.39, 0.29) is 46.6 Å². The van der Waals surface area contributed by atoms with Crippen LogP contribution < -0.4 is 14.4 Å². The molecular weight excluding hydrogens is 470 g/mol. The molecule has 4 heterocycles. The number of phenolic OH excluding ortho intramolecular Hbond substituents is 1. The third kappa shape index (κ3) is 3.31. The molecule has 36 heavy (non-hydrogen) atoms. The number of hydrogen-bond donors (Lipinski definition) is 1. The van der Waals surface area contributed by atoms with Crippen LogP contribution in [0.4, 0.5) is 14.6 Å². The molecule has 6 rings (SSSR count). The lowest BCUT2D eigenvalue weighted by atomic mass is 9.94. The van der Waals surface area contributed by atoms with Gasteiger partial charge in [0.15, 0.2) is 5.82 Å². The maximum atomic E-state index is 16.4. The molecular formula is C26H24F2N4O4. The molecule has 186 valence electrons. The highest BCUT2D eigenvalue weighted by Crippen LogP contribution is 2.43. The molecule has 2 fully saturated rings. The summed E-state index contributed by atoms with van der Waals surface area (Å²) in [5.74, 6) is -0.674. The zero-order chi connectivity index (χ0) is 25.1. The molecule has 2 saturated heterocycles. The number of phenols is 1. The van der Waals surface area contributed by atoms with Gasteiger partial charge in [-0.05, 0) is 47.4 Å². The van der Waals surface area contributed by atoms with Crippen molar-refractivity contribution >= 4 is 27.5 Å². The largest absolute Gasteiger partial charge is 0.508 e. The van der Waals surface area contributed by atoms with Crippen LogP contribution in [-0.4, -0.2) is 59.6 Å². The monoisotopic (exact) mass is 494 g/mol.